The monoisotopic (exact) mass is 447 g/mol. The van der Waals surface area contributed by atoms with E-state index in [0.717, 1.165) is 0 Å². The maximum absolute atomic E-state index is 13.1. The molecule has 1 aromatic heterocycles. The van der Waals surface area contributed by atoms with E-state index in [4.69, 9.17) is 0 Å². The third-order valence-corrected chi connectivity index (χ3v) is 4.19. The summed E-state index contributed by atoms with van der Waals surface area (Å²) in [7, 11) is 0. The second kappa shape index (κ2) is 7.52. The van der Waals surface area contributed by atoms with Crippen molar-refractivity contribution < 1.29 is 31.3 Å². The quantitative estimate of drug-likeness (QED) is 0.346. The van der Waals surface area contributed by atoms with Crippen molar-refractivity contribution in [3.05, 3.63) is 85.3 Å². The molecule has 0 spiro atoms. The standard InChI is InChI=1S/C17H11F6N5O3/c1-9-3-2-4-10(5-9)14(28(30)31)27-15(29)26(24-25-27)13-7-11(16(18,19)20)6-12(8-13)17(21,22)23/h2-8,14H,1H3. The molecule has 0 aliphatic heterocycles. The molecule has 0 N–H and O–H groups in total. The minimum atomic E-state index is -5.15. The Morgan fingerprint density at radius 1 is 0.968 bits per heavy atom. The first-order valence-corrected chi connectivity index (χ1v) is 8.33. The van der Waals surface area contributed by atoms with Gasteiger partial charge in [-0.1, -0.05) is 17.7 Å². The molecule has 3 aromatic rings. The molecule has 0 saturated heterocycles. The molecule has 1 unspecified atom stereocenters. The molecular weight excluding hydrogens is 436 g/mol. The minimum Gasteiger partial charge on any atom is -0.262 e. The first kappa shape index (κ1) is 22.0. The Labute approximate surface area is 168 Å². The smallest absolute Gasteiger partial charge is 0.262 e. The van der Waals surface area contributed by atoms with Crippen molar-refractivity contribution >= 4 is 0 Å². The normalized spacial score (nSPS) is 13.3. The van der Waals surface area contributed by atoms with E-state index < -0.39 is 45.9 Å². The second-order valence-corrected chi connectivity index (χ2v) is 6.46. The van der Waals surface area contributed by atoms with Crippen molar-refractivity contribution in [1.29, 1.82) is 0 Å². The maximum Gasteiger partial charge on any atom is 0.416 e. The third kappa shape index (κ3) is 4.41. The summed E-state index contributed by atoms with van der Waals surface area (Å²) < 4.78 is 78.8. The number of tetrazole rings is 1. The van der Waals surface area contributed by atoms with Crippen LogP contribution in [0.4, 0.5) is 26.3 Å². The summed E-state index contributed by atoms with van der Waals surface area (Å²) in [5.74, 6) is 0. The Balaban J connectivity index is 2.19. The molecule has 0 radical (unpaired) electrons. The average Bonchev–Trinajstić information content (AvgIpc) is 3.01. The summed E-state index contributed by atoms with van der Waals surface area (Å²) in [4.78, 5) is 23.3. The zero-order valence-electron chi connectivity index (χ0n) is 15.3. The second-order valence-electron chi connectivity index (χ2n) is 6.46. The lowest BCUT2D eigenvalue weighted by molar-refractivity contribution is -0.538. The van der Waals surface area contributed by atoms with Crippen LogP contribution in [-0.4, -0.2) is 24.7 Å². The highest BCUT2D eigenvalue weighted by molar-refractivity contribution is 5.41. The summed E-state index contributed by atoms with van der Waals surface area (Å²) in [6, 6.07) is 6.21. The Morgan fingerprint density at radius 2 is 1.55 bits per heavy atom. The van der Waals surface area contributed by atoms with Crippen LogP contribution in [0.5, 0.6) is 0 Å². The molecule has 164 valence electrons. The van der Waals surface area contributed by atoms with Crippen LogP contribution in [-0.2, 0) is 12.4 Å². The molecule has 14 heteroatoms. The van der Waals surface area contributed by atoms with E-state index in [2.05, 4.69) is 10.4 Å². The number of halogens is 6. The fraction of sp³-hybridized carbons (Fsp3) is 0.235. The topological polar surface area (TPSA) is 95.8 Å². The molecule has 8 nitrogen and oxygen atoms in total. The molecular formula is C17H11F6N5O3. The van der Waals surface area contributed by atoms with Crippen LogP contribution in [0.3, 0.4) is 0 Å². The minimum absolute atomic E-state index is 0.0131. The molecule has 0 saturated carbocycles. The molecule has 1 atom stereocenters. The van der Waals surface area contributed by atoms with Crippen LogP contribution in [0, 0.1) is 17.0 Å². The van der Waals surface area contributed by atoms with E-state index in [1.54, 1.807) is 13.0 Å². The highest BCUT2D eigenvalue weighted by atomic mass is 19.4. The number of nitro groups is 1. The lowest BCUT2D eigenvalue weighted by Gasteiger charge is -2.13. The maximum atomic E-state index is 13.1. The molecule has 0 fully saturated rings. The van der Waals surface area contributed by atoms with Crippen molar-refractivity contribution in [3.63, 3.8) is 0 Å². The summed E-state index contributed by atoms with van der Waals surface area (Å²) in [6.45, 7) is 1.63. The van der Waals surface area contributed by atoms with Crippen molar-refractivity contribution in [1.82, 2.24) is 19.8 Å². The van der Waals surface area contributed by atoms with Crippen LogP contribution in [0.25, 0.3) is 5.69 Å². The SMILES string of the molecule is Cc1cccc(C(n2nnn(-c3cc(C(F)(F)F)cc(C(F)(F)F)c3)c2=O)[N+](=O)[O-])c1. The molecule has 31 heavy (non-hydrogen) atoms. The number of aromatic nitrogens is 4. The molecule has 2 aromatic carbocycles. The Morgan fingerprint density at radius 3 is 2.03 bits per heavy atom. The fourth-order valence-electron chi connectivity index (χ4n) is 2.82. The van der Waals surface area contributed by atoms with Gasteiger partial charge in [0.05, 0.1) is 21.7 Å². The average molecular weight is 447 g/mol. The van der Waals surface area contributed by atoms with E-state index in [9.17, 15) is 41.3 Å². The van der Waals surface area contributed by atoms with Gasteiger partial charge < -0.3 is 0 Å². The van der Waals surface area contributed by atoms with Crippen molar-refractivity contribution in [3.8, 4) is 5.69 Å². The number of hydrogen-bond acceptors (Lipinski definition) is 5. The zero-order chi connectivity index (χ0) is 23.1. The predicted molar refractivity (Wildman–Crippen MR) is 91.9 cm³/mol. The third-order valence-electron chi connectivity index (χ3n) is 4.19. The molecule has 0 aliphatic rings. The van der Waals surface area contributed by atoms with Gasteiger partial charge in [-0.3, -0.25) is 10.1 Å². The molecule has 1 heterocycles. The molecule has 0 aliphatic carbocycles. The van der Waals surface area contributed by atoms with E-state index in [1.807, 2.05) is 0 Å². The van der Waals surface area contributed by atoms with Crippen molar-refractivity contribution in [2.24, 2.45) is 0 Å². The molecule has 0 amide bonds. The number of benzene rings is 2. The number of hydrogen-bond donors (Lipinski definition) is 0. The first-order chi connectivity index (χ1) is 14.3. The van der Waals surface area contributed by atoms with Crippen LogP contribution in [0.2, 0.25) is 0 Å². The lowest BCUT2D eigenvalue weighted by Crippen LogP contribution is -2.32. The number of alkyl halides is 6. The van der Waals surface area contributed by atoms with Crippen LogP contribution in [0.1, 0.15) is 28.4 Å². The van der Waals surface area contributed by atoms with E-state index in [-0.39, 0.29) is 33.1 Å². The van der Waals surface area contributed by atoms with Gasteiger partial charge >= 0.3 is 24.2 Å². The summed E-state index contributed by atoms with van der Waals surface area (Å²) >= 11 is 0. The highest BCUT2D eigenvalue weighted by Crippen LogP contribution is 2.36. The first-order valence-electron chi connectivity index (χ1n) is 8.33. The summed E-state index contributed by atoms with van der Waals surface area (Å²) in [5, 5.41) is 18.1. The van der Waals surface area contributed by atoms with Gasteiger partial charge in [0.1, 0.15) is 0 Å². The molecule has 0 bridgehead atoms. The number of aryl methyl sites for hydroxylation is 1. The summed E-state index contributed by atoms with van der Waals surface area (Å²) in [6.07, 6.45) is -12.2. The van der Waals surface area contributed by atoms with Crippen molar-refractivity contribution in [2.45, 2.75) is 25.4 Å². The van der Waals surface area contributed by atoms with Gasteiger partial charge in [0.15, 0.2) is 0 Å². The van der Waals surface area contributed by atoms with Crippen LogP contribution < -0.4 is 5.69 Å². The Kier molecular flexibility index (Phi) is 5.33. The fourth-order valence-corrected chi connectivity index (χ4v) is 2.82. The summed E-state index contributed by atoms with van der Waals surface area (Å²) in [5.41, 5.74) is -5.02. The van der Waals surface area contributed by atoms with Gasteiger partial charge in [-0.15, -0.1) is 4.68 Å². The van der Waals surface area contributed by atoms with Gasteiger partial charge in [-0.05, 0) is 47.7 Å². The molecule has 3 rings (SSSR count). The predicted octanol–water partition coefficient (Wildman–Crippen LogP) is 3.60. The van der Waals surface area contributed by atoms with Crippen molar-refractivity contribution in [2.75, 3.05) is 0 Å². The van der Waals surface area contributed by atoms with Gasteiger partial charge in [-0.2, -0.15) is 31.0 Å². The van der Waals surface area contributed by atoms with E-state index in [0.29, 0.717) is 5.56 Å². The van der Waals surface area contributed by atoms with Gasteiger partial charge in [0.25, 0.3) is 0 Å². The highest BCUT2D eigenvalue weighted by Gasteiger charge is 2.38. The van der Waals surface area contributed by atoms with Crippen LogP contribution >= 0.6 is 0 Å². The van der Waals surface area contributed by atoms with Gasteiger partial charge in [0.2, 0.25) is 0 Å². The van der Waals surface area contributed by atoms with Gasteiger partial charge in [-0.25, -0.2) is 4.79 Å². The largest absolute Gasteiger partial charge is 0.416 e. The Bertz CT molecular complexity index is 1170. The number of rotatable bonds is 4. The van der Waals surface area contributed by atoms with E-state index in [1.165, 1.54) is 18.2 Å². The van der Waals surface area contributed by atoms with Crippen LogP contribution in [0.15, 0.2) is 47.3 Å². The zero-order valence-corrected chi connectivity index (χ0v) is 15.3. The lowest BCUT2D eigenvalue weighted by atomic mass is 10.1. The van der Waals surface area contributed by atoms with Gasteiger partial charge in [0, 0.05) is 5.56 Å². The Hall–Kier alpha value is -3.71. The number of nitrogens with zero attached hydrogens (tertiary/aromatic N) is 5. The van der Waals surface area contributed by atoms with E-state index >= 15 is 0 Å².